The summed E-state index contributed by atoms with van der Waals surface area (Å²) in [6, 6.07) is 13.8. The number of aromatic nitrogens is 1. The van der Waals surface area contributed by atoms with Crippen LogP contribution < -0.4 is 5.32 Å². The van der Waals surface area contributed by atoms with Crippen molar-refractivity contribution in [3.05, 3.63) is 54.1 Å². The summed E-state index contributed by atoms with van der Waals surface area (Å²) in [5.41, 5.74) is 1.22. The SMILES string of the molecule is CN(C1CCCC1)S(=O)(=O)c1ccc(C(=O)Nc2nc3ccccc3s2)cc1. The number of benzene rings is 2. The van der Waals surface area contributed by atoms with Crippen molar-refractivity contribution in [1.82, 2.24) is 9.29 Å². The molecule has 0 saturated heterocycles. The number of sulfonamides is 1. The summed E-state index contributed by atoms with van der Waals surface area (Å²) < 4.78 is 28.1. The first-order valence-corrected chi connectivity index (χ1v) is 11.5. The van der Waals surface area contributed by atoms with Gasteiger partial charge in [0, 0.05) is 18.7 Å². The third-order valence-electron chi connectivity index (χ3n) is 5.15. The molecular weight excluding hydrogens is 394 g/mol. The molecule has 6 nitrogen and oxygen atoms in total. The van der Waals surface area contributed by atoms with Crippen molar-refractivity contribution >= 4 is 42.6 Å². The van der Waals surface area contributed by atoms with E-state index in [0.29, 0.717) is 10.7 Å². The van der Waals surface area contributed by atoms with E-state index in [9.17, 15) is 13.2 Å². The fourth-order valence-electron chi connectivity index (χ4n) is 3.50. The van der Waals surface area contributed by atoms with Crippen molar-refractivity contribution in [2.24, 2.45) is 0 Å². The highest BCUT2D eigenvalue weighted by Crippen LogP contribution is 2.28. The fraction of sp³-hybridized carbons (Fsp3) is 0.300. The van der Waals surface area contributed by atoms with Gasteiger partial charge >= 0.3 is 0 Å². The molecule has 1 aliphatic rings. The zero-order valence-electron chi connectivity index (χ0n) is 15.5. The normalized spacial score (nSPS) is 15.4. The lowest BCUT2D eigenvalue weighted by Crippen LogP contribution is -2.35. The lowest BCUT2D eigenvalue weighted by Gasteiger charge is -2.23. The molecule has 1 saturated carbocycles. The molecule has 146 valence electrons. The van der Waals surface area contributed by atoms with Gasteiger partial charge < -0.3 is 0 Å². The van der Waals surface area contributed by atoms with Crippen molar-refractivity contribution in [3.8, 4) is 0 Å². The Balaban J connectivity index is 1.49. The molecule has 1 aromatic heterocycles. The van der Waals surface area contributed by atoms with Crippen LogP contribution in [0.3, 0.4) is 0 Å². The Hall–Kier alpha value is -2.29. The lowest BCUT2D eigenvalue weighted by atomic mass is 10.2. The Labute approximate surface area is 168 Å². The van der Waals surface area contributed by atoms with Gasteiger partial charge in [0.2, 0.25) is 10.0 Å². The van der Waals surface area contributed by atoms with Crippen LogP contribution in [0.4, 0.5) is 5.13 Å². The van der Waals surface area contributed by atoms with Crippen LogP contribution in [0.15, 0.2) is 53.4 Å². The van der Waals surface area contributed by atoms with Gasteiger partial charge in [0.1, 0.15) is 0 Å². The molecule has 0 atom stereocenters. The van der Waals surface area contributed by atoms with Crippen molar-refractivity contribution < 1.29 is 13.2 Å². The van der Waals surface area contributed by atoms with E-state index >= 15 is 0 Å². The quantitative estimate of drug-likeness (QED) is 0.680. The number of para-hydroxylation sites is 1. The third-order valence-corrected chi connectivity index (χ3v) is 8.02. The number of hydrogen-bond acceptors (Lipinski definition) is 5. The van der Waals surface area contributed by atoms with E-state index in [1.165, 1.54) is 39.9 Å². The molecule has 2 aromatic carbocycles. The van der Waals surface area contributed by atoms with E-state index in [2.05, 4.69) is 10.3 Å². The average molecular weight is 416 g/mol. The molecule has 1 heterocycles. The Morgan fingerprint density at radius 1 is 1.11 bits per heavy atom. The van der Waals surface area contributed by atoms with Gasteiger partial charge in [0.05, 0.1) is 15.1 Å². The summed E-state index contributed by atoms with van der Waals surface area (Å²) in [5, 5.41) is 3.30. The molecule has 0 spiro atoms. The predicted octanol–water partition coefficient (Wildman–Crippen LogP) is 4.11. The summed E-state index contributed by atoms with van der Waals surface area (Å²) in [6.45, 7) is 0. The molecular formula is C20H21N3O3S2. The summed E-state index contributed by atoms with van der Waals surface area (Å²) in [7, 11) is -1.91. The number of hydrogen-bond donors (Lipinski definition) is 1. The predicted molar refractivity (Wildman–Crippen MR) is 111 cm³/mol. The summed E-state index contributed by atoms with van der Waals surface area (Å²) in [4.78, 5) is 17.1. The smallest absolute Gasteiger partial charge is 0.257 e. The van der Waals surface area contributed by atoms with Crippen LogP contribution in [-0.4, -0.2) is 36.7 Å². The first-order chi connectivity index (χ1) is 13.4. The molecule has 1 amide bonds. The van der Waals surface area contributed by atoms with E-state index < -0.39 is 10.0 Å². The number of nitrogens with zero attached hydrogens (tertiary/aromatic N) is 2. The van der Waals surface area contributed by atoms with Gasteiger partial charge in [-0.15, -0.1) is 0 Å². The zero-order valence-corrected chi connectivity index (χ0v) is 17.1. The minimum atomic E-state index is -3.55. The molecule has 8 heteroatoms. The number of nitrogens with one attached hydrogen (secondary N) is 1. The number of fused-ring (bicyclic) bond motifs is 1. The van der Waals surface area contributed by atoms with Gasteiger partial charge in [0.25, 0.3) is 5.91 Å². The molecule has 1 aliphatic carbocycles. The maximum atomic E-state index is 12.8. The number of carbonyl (C=O) groups is 1. The average Bonchev–Trinajstić information content (AvgIpc) is 3.36. The Kier molecular flexibility index (Phi) is 5.18. The number of thiazole rings is 1. The van der Waals surface area contributed by atoms with Crippen molar-refractivity contribution in [3.63, 3.8) is 0 Å². The highest BCUT2D eigenvalue weighted by atomic mass is 32.2. The molecule has 3 aromatic rings. The molecule has 0 aliphatic heterocycles. The summed E-state index contributed by atoms with van der Waals surface area (Å²) in [5.74, 6) is -0.313. The van der Waals surface area contributed by atoms with Crippen molar-refractivity contribution in [2.75, 3.05) is 12.4 Å². The number of anilines is 1. The molecule has 1 N–H and O–H groups in total. The van der Waals surface area contributed by atoms with Gasteiger partial charge in [0.15, 0.2) is 5.13 Å². The van der Waals surface area contributed by atoms with Crippen LogP contribution in [0.1, 0.15) is 36.0 Å². The maximum absolute atomic E-state index is 12.8. The van der Waals surface area contributed by atoms with E-state index in [1.807, 2.05) is 24.3 Å². The monoisotopic (exact) mass is 415 g/mol. The second-order valence-electron chi connectivity index (χ2n) is 6.92. The van der Waals surface area contributed by atoms with Crippen molar-refractivity contribution in [2.45, 2.75) is 36.6 Å². The Bertz CT molecular complexity index is 1070. The van der Waals surface area contributed by atoms with Crippen LogP contribution in [0.25, 0.3) is 10.2 Å². The third kappa shape index (κ3) is 3.67. The van der Waals surface area contributed by atoms with Crippen LogP contribution >= 0.6 is 11.3 Å². The van der Waals surface area contributed by atoms with Gasteiger partial charge in [-0.05, 0) is 49.2 Å². The van der Waals surface area contributed by atoms with Crippen LogP contribution in [0.2, 0.25) is 0 Å². The fourth-order valence-corrected chi connectivity index (χ4v) is 5.78. The summed E-state index contributed by atoms with van der Waals surface area (Å²) in [6.07, 6.45) is 3.93. The molecule has 0 radical (unpaired) electrons. The maximum Gasteiger partial charge on any atom is 0.257 e. The van der Waals surface area contributed by atoms with Crippen LogP contribution in [0, 0.1) is 0 Å². The zero-order chi connectivity index (χ0) is 19.7. The van der Waals surface area contributed by atoms with Gasteiger partial charge in [-0.3, -0.25) is 10.1 Å². The van der Waals surface area contributed by atoms with Crippen LogP contribution in [0.5, 0.6) is 0 Å². The Morgan fingerprint density at radius 3 is 2.46 bits per heavy atom. The number of amides is 1. The van der Waals surface area contributed by atoms with E-state index in [-0.39, 0.29) is 16.8 Å². The highest BCUT2D eigenvalue weighted by molar-refractivity contribution is 7.89. The van der Waals surface area contributed by atoms with Gasteiger partial charge in [-0.25, -0.2) is 13.4 Å². The van der Waals surface area contributed by atoms with Gasteiger partial charge in [-0.1, -0.05) is 36.3 Å². The minimum Gasteiger partial charge on any atom is -0.298 e. The minimum absolute atomic E-state index is 0.0620. The van der Waals surface area contributed by atoms with E-state index in [4.69, 9.17) is 0 Å². The molecule has 4 rings (SSSR count). The Morgan fingerprint density at radius 2 is 1.79 bits per heavy atom. The van der Waals surface area contributed by atoms with Crippen LogP contribution in [-0.2, 0) is 10.0 Å². The van der Waals surface area contributed by atoms with E-state index in [0.717, 1.165) is 35.9 Å². The lowest BCUT2D eigenvalue weighted by molar-refractivity contribution is 0.102. The largest absolute Gasteiger partial charge is 0.298 e. The molecule has 0 unspecified atom stereocenters. The summed E-state index contributed by atoms with van der Waals surface area (Å²) >= 11 is 1.40. The first kappa shape index (κ1) is 19.0. The number of rotatable bonds is 5. The number of carbonyl (C=O) groups excluding carboxylic acids is 1. The first-order valence-electron chi connectivity index (χ1n) is 9.20. The van der Waals surface area contributed by atoms with E-state index in [1.54, 1.807) is 7.05 Å². The topological polar surface area (TPSA) is 79.4 Å². The van der Waals surface area contributed by atoms with Crippen molar-refractivity contribution in [1.29, 1.82) is 0 Å². The molecule has 28 heavy (non-hydrogen) atoms. The highest BCUT2D eigenvalue weighted by Gasteiger charge is 2.30. The molecule has 0 bridgehead atoms. The second-order valence-corrected chi connectivity index (χ2v) is 9.95. The van der Waals surface area contributed by atoms with Gasteiger partial charge in [-0.2, -0.15) is 4.31 Å². The molecule has 1 fully saturated rings. The second kappa shape index (κ2) is 7.62. The standard InChI is InChI=1S/C20H21N3O3S2/c1-23(15-6-2-3-7-15)28(25,26)16-12-10-14(11-13-16)19(24)22-20-21-17-8-4-5-9-18(17)27-20/h4-5,8-13,15H,2-3,6-7H2,1H3,(H,21,22,24).